The molecule has 0 aromatic carbocycles. The predicted octanol–water partition coefficient (Wildman–Crippen LogP) is 0.646. The Morgan fingerprint density at radius 2 is 2.30 bits per heavy atom. The Kier molecular flexibility index (Phi) is 3.09. The van der Waals surface area contributed by atoms with E-state index >= 15 is 0 Å². The quantitative estimate of drug-likeness (QED) is 0.569. The van der Waals surface area contributed by atoms with Crippen molar-refractivity contribution in [2.24, 2.45) is 5.41 Å². The molecule has 0 fully saturated rings. The topological polar surface area (TPSA) is 57.5 Å². The number of aliphatic carboxylic acids is 1. The van der Waals surface area contributed by atoms with Crippen molar-refractivity contribution in [3.05, 3.63) is 12.7 Å². The second-order valence-corrected chi connectivity index (χ2v) is 2.40. The first kappa shape index (κ1) is 9.17. The molecule has 0 amide bonds. The highest BCUT2D eigenvalue weighted by Crippen LogP contribution is 2.21. The van der Waals surface area contributed by atoms with Gasteiger partial charge in [0, 0.05) is 6.61 Å². The summed E-state index contributed by atoms with van der Waals surface area (Å²) in [6.45, 7) is 4.78. The molecule has 0 aliphatic carbocycles. The Morgan fingerprint density at radius 1 is 1.80 bits per heavy atom. The molecular formula is C7H12O3. The number of aliphatic hydroxyl groups excluding tert-OH is 1. The summed E-state index contributed by atoms with van der Waals surface area (Å²) in [7, 11) is 0. The third-order valence-corrected chi connectivity index (χ3v) is 1.57. The molecule has 3 nitrogen and oxygen atoms in total. The first-order chi connectivity index (χ1) is 4.56. The van der Waals surface area contributed by atoms with Gasteiger partial charge in [-0.1, -0.05) is 6.08 Å². The summed E-state index contributed by atoms with van der Waals surface area (Å²) in [5.41, 5.74) is -0.977. The molecule has 0 radical (unpaired) electrons. The van der Waals surface area contributed by atoms with E-state index in [-0.39, 0.29) is 13.0 Å². The van der Waals surface area contributed by atoms with E-state index in [1.165, 1.54) is 13.0 Å². The van der Waals surface area contributed by atoms with Crippen molar-refractivity contribution < 1.29 is 15.0 Å². The molecule has 1 unspecified atom stereocenters. The molecule has 0 aliphatic heterocycles. The largest absolute Gasteiger partial charge is 0.481 e. The van der Waals surface area contributed by atoms with Crippen LogP contribution in [0.15, 0.2) is 12.7 Å². The molecule has 0 spiro atoms. The fourth-order valence-corrected chi connectivity index (χ4v) is 0.529. The molecule has 10 heavy (non-hydrogen) atoms. The van der Waals surface area contributed by atoms with Crippen molar-refractivity contribution in [3.8, 4) is 0 Å². The minimum Gasteiger partial charge on any atom is -0.481 e. The van der Waals surface area contributed by atoms with E-state index in [9.17, 15) is 4.79 Å². The van der Waals surface area contributed by atoms with Crippen molar-refractivity contribution in [1.29, 1.82) is 0 Å². The molecule has 0 aliphatic rings. The molecule has 0 aromatic heterocycles. The number of aliphatic hydroxyl groups is 1. The highest BCUT2D eigenvalue weighted by atomic mass is 16.4. The SMILES string of the molecule is C=CC(C)(CCO)C(=O)O. The molecule has 0 heterocycles. The summed E-state index contributed by atoms with van der Waals surface area (Å²) in [5.74, 6) is -0.948. The van der Waals surface area contributed by atoms with E-state index in [1.54, 1.807) is 0 Å². The van der Waals surface area contributed by atoms with Crippen molar-refractivity contribution in [3.63, 3.8) is 0 Å². The van der Waals surface area contributed by atoms with Crippen LogP contribution in [0.1, 0.15) is 13.3 Å². The molecule has 3 heteroatoms. The van der Waals surface area contributed by atoms with Crippen molar-refractivity contribution in [2.45, 2.75) is 13.3 Å². The van der Waals surface area contributed by atoms with Gasteiger partial charge in [0.25, 0.3) is 0 Å². The van der Waals surface area contributed by atoms with E-state index in [0.29, 0.717) is 0 Å². The fraction of sp³-hybridized carbons (Fsp3) is 0.571. The molecule has 0 bridgehead atoms. The molecule has 0 aromatic rings. The maximum Gasteiger partial charge on any atom is 0.313 e. The minimum atomic E-state index is -0.977. The Bertz CT molecular complexity index is 142. The van der Waals surface area contributed by atoms with Crippen LogP contribution >= 0.6 is 0 Å². The molecule has 2 N–H and O–H groups in total. The molecular weight excluding hydrogens is 132 g/mol. The second-order valence-electron chi connectivity index (χ2n) is 2.40. The zero-order valence-corrected chi connectivity index (χ0v) is 6.00. The molecule has 0 saturated carbocycles. The molecule has 58 valence electrons. The van der Waals surface area contributed by atoms with Crippen LogP contribution in [0.5, 0.6) is 0 Å². The zero-order chi connectivity index (χ0) is 8.20. The Morgan fingerprint density at radius 3 is 2.40 bits per heavy atom. The number of carbonyl (C=O) groups is 1. The standard InChI is InChI=1S/C7H12O3/c1-3-7(2,4-5-8)6(9)10/h3,8H,1,4-5H2,2H3,(H,9,10). The average Bonchev–Trinajstić information content (AvgIpc) is 1.88. The van der Waals surface area contributed by atoms with Crippen LogP contribution in [-0.2, 0) is 4.79 Å². The number of hydrogen-bond acceptors (Lipinski definition) is 2. The Hall–Kier alpha value is -0.830. The maximum absolute atomic E-state index is 10.5. The summed E-state index contributed by atoms with van der Waals surface area (Å²) in [6, 6.07) is 0. The van der Waals surface area contributed by atoms with E-state index in [0.717, 1.165) is 0 Å². The summed E-state index contributed by atoms with van der Waals surface area (Å²) in [4.78, 5) is 10.5. The van der Waals surface area contributed by atoms with E-state index < -0.39 is 11.4 Å². The van der Waals surface area contributed by atoms with E-state index in [2.05, 4.69) is 6.58 Å². The van der Waals surface area contributed by atoms with Gasteiger partial charge in [0.2, 0.25) is 0 Å². The van der Waals surface area contributed by atoms with Gasteiger partial charge in [-0.3, -0.25) is 4.79 Å². The Balaban J connectivity index is 4.22. The van der Waals surface area contributed by atoms with Crippen LogP contribution < -0.4 is 0 Å². The van der Waals surface area contributed by atoms with Gasteiger partial charge < -0.3 is 10.2 Å². The number of carboxylic acid groups (broad SMARTS) is 1. The minimum absolute atomic E-state index is 0.130. The molecule has 0 rings (SSSR count). The van der Waals surface area contributed by atoms with Gasteiger partial charge in [-0.25, -0.2) is 0 Å². The molecule has 0 saturated heterocycles. The maximum atomic E-state index is 10.5. The summed E-state index contributed by atoms with van der Waals surface area (Å²) < 4.78 is 0. The van der Waals surface area contributed by atoms with Gasteiger partial charge >= 0.3 is 5.97 Å². The smallest absolute Gasteiger partial charge is 0.313 e. The summed E-state index contributed by atoms with van der Waals surface area (Å²) >= 11 is 0. The highest BCUT2D eigenvalue weighted by Gasteiger charge is 2.28. The van der Waals surface area contributed by atoms with Gasteiger partial charge in [0.05, 0.1) is 5.41 Å². The summed E-state index contributed by atoms with van der Waals surface area (Å²) in [5, 5.41) is 17.1. The lowest BCUT2D eigenvalue weighted by Crippen LogP contribution is -2.25. The van der Waals surface area contributed by atoms with Gasteiger partial charge in [0.15, 0.2) is 0 Å². The number of hydrogen-bond donors (Lipinski definition) is 2. The normalized spacial score (nSPS) is 15.8. The van der Waals surface area contributed by atoms with Crippen LogP contribution in [0.3, 0.4) is 0 Å². The predicted molar refractivity (Wildman–Crippen MR) is 37.6 cm³/mol. The van der Waals surface area contributed by atoms with Gasteiger partial charge in [0.1, 0.15) is 0 Å². The third-order valence-electron chi connectivity index (χ3n) is 1.57. The van der Waals surface area contributed by atoms with E-state index in [4.69, 9.17) is 10.2 Å². The van der Waals surface area contributed by atoms with Gasteiger partial charge in [-0.2, -0.15) is 0 Å². The van der Waals surface area contributed by atoms with Crippen molar-refractivity contribution >= 4 is 5.97 Å². The van der Waals surface area contributed by atoms with Crippen LogP contribution in [0.4, 0.5) is 0 Å². The highest BCUT2D eigenvalue weighted by molar-refractivity contribution is 5.76. The van der Waals surface area contributed by atoms with Crippen molar-refractivity contribution in [2.75, 3.05) is 6.61 Å². The van der Waals surface area contributed by atoms with Gasteiger partial charge in [-0.15, -0.1) is 6.58 Å². The molecule has 1 atom stereocenters. The number of carboxylic acids is 1. The van der Waals surface area contributed by atoms with Gasteiger partial charge in [-0.05, 0) is 13.3 Å². The van der Waals surface area contributed by atoms with Crippen LogP contribution in [0.2, 0.25) is 0 Å². The summed E-state index contributed by atoms with van der Waals surface area (Å²) in [6.07, 6.45) is 1.55. The van der Waals surface area contributed by atoms with Crippen LogP contribution in [0, 0.1) is 5.41 Å². The van der Waals surface area contributed by atoms with Crippen LogP contribution in [0.25, 0.3) is 0 Å². The van der Waals surface area contributed by atoms with E-state index in [1.807, 2.05) is 0 Å². The zero-order valence-electron chi connectivity index (χ0n) is 6.00. The average molecular weight is 144 g/mol. The second kappa shape index (κ2) is 3.37. The van der Waals surface area contributed by atoms with Crippen molar-refractivity contribution in [1.82, 2.24) is 0 Å². The fourth-order valence-electron chi connectivity index (χ4n) is 0.529. The lowest BCUT2D eigenvalue weighted by atomic mass is 9.88. The third kappa shape index (κ3) is 1.84. The number of rotatable bonds is 4. The Labute approximate surface area is 60.0 Å². The first-order valence-electron chi connectivity index (χ1n) is 3.04. The lowest BCUT2D eigenvalue weighted by molar-refractivity contribution is -0.145. The first-order valence-corrected chi connectivity index (χ1v) is 3.04. The van der Waals surface area contributed by atoms with Crippen LogP contribution in [-0.4, -0.2) is 22.8 Å². The lowest BCUT2D eigenvalue weighted by Gasteiger charge is -2.17. The monoisotopic (exact) mass is 144 g/mol.